The zero-order valence-corrected chi connectivity index (χ0v) is 20.3. The molecular weight excluding hydrogens is 428 g/mol. The second-order valence-electron chi connectivity index (χ2n) is 9.21. The minimum atomic E-state index is 0.0415. The van der Waals surface area contributed by atoms with E-state index in [1.807, 2.05) is 19.1 Å². The number of hydrogen-bond donors (Lipinski definition) is 1. The van der Waals surface area contributed by atoms with Crippen molar-refractivity contribution in [2.24, 2.45) is 0 Å². The van der Waals surface area contributed by atoms with E-state index in [1.54, 1.807) is 5.57 Å². The van der Waals surface area contributed by atoms with Gasteiger partial charge in [0.15, 0.2) is 0 Å². The van der Waals surface area contributed by atoms with Gasteiger partial charge >= 0.3 is 0 Å². The highest BCUT2D eigenvalue weighted by molar-refractivity contribution is 5.95. The third kappa shape index (κ3) is 5.36. The number of fused-ring (bicyclic) bond motifs is 2. The van der Waals surface area contributed by atoms with Crippen LogP contribution in [0.3, 0.4) is 0 Å². The normalized spacial score (nSPS) is 15.6. The number of carbonyl (C=O) groups excluding carboxylic acids is 1. The SMILES string of the molecule is CCC(=O)Nc1ccc(/C=C/CN2CCC(=C3c4ccccc4C=Cc4ccccc43)CC2)cc1. The van der Waals surface area contributed by atoms with E-state index in [4.69, 9.17) is 0 Å². The molecule has 3 nitrogen and oxygen atoms in total. The molecule has 0 atom stereocenters. The van der Waals surface area contributed by atoms with Crippen LogP contribution in [0.15, 0.2) is 84.4 Å². The first-order valence-electron chi connectivity index (χ1n) is 12.6. The van der Waals surface area contributed by atoms with Gasteiger partial charge in [0.25, 0.3) is 0 Å². The average molecular weight is 461 g/mol. The second kappa shape index (κ2) is 10.7. The van der Waals surface area contributed by atoms with Gasteiger partial charge in [0.2, 0.25) is 5.91 Å². The molecule has 5 rings (SSSR count). The van der Waals surface area contributed by atoms with Crippen molar-refractivity contribution in [1.82, 2.24) is 4.90 Å². The summed E-state index contributed by atoms with van der Waals surface area (Å²) in [4.78, 5) is 14.1. The molecule has 1 saturated heterocycles. The van der Waals surface area contributed by atoms with Crippen LogP contribution in [-0.4, -0.2) is 30.4 Å². The summed E-state index contributed by atoms with van der Waals surface area (Å²) in [6.07, 6.45) is 11.6. The third-order valence-corrected chi connectivity index (χ3v) is 6.91. The lowest BCUT2D eigenvalue weighted by Crippen LogP contribution is -2.31. The lowest BCUT2D eigenvalue weighted by molar-refractivity contribution is -0.115. The van der Waals surface area contributed by atoms with Gasteiger partial charge < -0.3 is 5.32 Å². The van der Waals surface area contributed by atoms with E-state index in [0.29, 0.717) is 6.42 Å². The number of likely N-dealkylation sites (tertiary alicyclic amines) is 1. The predicted octanol–water partition coefficient (Wildman–Crippen LogP) is 7.13. The van der Waals surface area contributed by atoms with Crippen molar-refractivity contribution in [1.29, 1.82) is 0 Å². The molecular formula is C32H32N2O. The molecule has 1 aliphatic carbocycles. The van der Waals surface area contributed by atoms with E-state index in [0.717, 1.165) is 43.7 Å². The molecule has 1 aliphatic heterocycles. The van der Waals surface area contributed by atoms with Crippen LogP contribution < -0.4 is 5.32 Å². The molecule has 0 spiro atoms. The monoisotopic (exact) mass is 460 g/mol. The Labute approximate surface area is 208 Å². The van der Waals surface area contributed by atoms with E-state index in [2.05, 4.69) is 95.2 Å². The quantitative estimate of drug-likeness (QED) is 0.344. The van der Waals surface area contributed by atoms with Crippen molar-refractivity contribution in [2.75, 3.05) is 25.0 Å². The molecule has 0 unspecified atom stereocenters. The fraction of sp³-hybridized carbons (Fsp3) is 0.219. The van der Waals surface area contributed by atoms with Crippen molar-refractivity contribution < 1.29 is 4.79 Å². The number of hydrogen-bond acceptors (Lipinski definition) is 2. The molecule has 0 saturated carbocycles. The van der Waals surface area contributed by atoms with Crippen LogP contribution >= 0.6 is 0 Å². The largest absolute Gasteiger partial charge is 0.326 e. The minimum Gasteiger partial charge on any atom is -0.326 e. The Bertz CT molecular complexity index is 1240. The zero-order chi connectivity index (χ0) is 24.0. The van der Waals surface area contributed by atoms with Crippen LogP contribution in [-0.2, 0) is 4.79 Å². The van der Waals surface area contributed by atoms with Gasteiger partial charge in [-0.3, -0.25) is 9.69 Å². The van der Waals surface area contributed by atoms with Gasteiger partial charge in [0.1, 0.15) is 0 Å². The number of carbonyl (C=O) groups is 1. The molecule has 1 N–H and O–H groups in total. The molecule has 0 aromatic heterocycles. The third-order valence-electron chi connectivity index (χ3n) is 6.91. The van der Waals surface area contributed by atoms with Gasteiger partial charge in [0, 0.05) is 31.7 Å². The molecule has 35 heavy (non-hydrogen) atoms. The molecule has 1 fully saturated rings. The predicted molar refractivity (Wildman–Crippen MR) is 148 cm³/mol. The summed E-state index contributed by atoms with van der Waals surface area (Å²) >= 11 is 0. The Morgan fingerprint density at radius 1 is 0.857 bits per heavy atom. The number of amides is 1. The molecule has 2 aliphatic rings. The number of rotatable bonds is 5. The Kier molecular flexibility index (Phi) is 7.06. The molecule has 3 aromatic rings. The molecule has 1 heterocycles. The first-order chi connectivity index (χ1) is 17.2. The fourth-order valence-electron chi connectivity index (χ4n) is 4.97. The number of anilines is 1. The van der Waals surface area contributed by atoms with Gasteiger partial charge in [-0.2, -0.15) is 0 Å². The van der Waals surface area contributed by atoms with Gasteiger partial charge in [-0.1, -0.05) is 97.5 Å². The van der Waals surface area contributed by atoms with Crippen molar-refractivity contribution >= 4 is 35.4 Å². The lowest BCUT2D eigenvalue weighted by Gasteiger charge is -2.29. The Hall–Kier alpha value is -3.69. The van der Waals surface area contributed by atoms with Gasteiger partial charge in [-0.15, -0.1) is 0 Å². The van der Waals surface area contributed by atoms with E-state index in [9.17, 15) is 4.79 Å². The van der Waals surface area contributed by atoms with Gasteiger partial charge in [-0.05, 0) is 58.4 Å². The van der Waals surface area contributed by atoms with Crippen molar-refractivity contribution in [2.45, 2.75) is 26.2 Å². The smallest absolute Gasteiger partial charge is 0.224 e. The zero-order valence-electron chi connectivity index (χ0n) is 20.3. The topological polar surface area (TPSA) is 32.3 Å². The van der Waals surface area contributed by atoms with Crippen LogP contribution in [0.25, 0.3) is 23.8 Å². The number of nitrogens with one attached hydrogen (secondary N) is 1. The summed E-state index contributed by atoms with van der Waals surface area (Å²) in [6.45, 7) is 4.95. The summed E-state index contributed by atoms with van der Waals surface area (Å²) in [5, 5.41) is 2.89. The Balaban J connectivity index is 1.26. The molecule has 3 heteroatoms. The standard InChI is InChI=1S/C32H32N2O/c1-2-31(35)33-28-17-13-24(14-18-28)8-7-21-34-22-19-27(20-23-34)32-29-11-5-3-9-25(29)15-16-26-10-4-6-12-30(26)32/h3-18H,2,19-23H2,1H3,(H,33,35)/b8-7+. The van der Waals surface area contributed by atoms with Crippen molar-refractivity contribution in [3.8, 4) is 0 Å². The van der Waals surface area contributed by atoms with Crippen LogP contribution in [0.2, 0.25) is 0 Å². The lowest BCUT2D eigenvalue weighted by atomic mass is 9.86. The molecule has 0 radical (unpaired) electrons. The average Bonchev–Trinajstić information content (AvgIpc) is 3.07. The Morgan fingerprint density at radius 3 is 2.06 bits per heavy atom. The summed E-state index contributed by atoms with van der Waals surface area (Å²) in [5.74, 6) is 0.0415. The Morgan fingerprint density at radius 2 is 1.46 bits per heavy atom. The fourth-order valence-corrected chi connectivity index (χ4v) is 4.97. The maximum atomic E-state index is 11.5. The maximum absolute atomic E-state index is 11.5. The van der Waals surface area contributed by atoms with Crippen LogP contribution in [0.5, 0.6) is 0 Å². The molecule has 176 valence electrons. The summed E-state index contributed by atoms with van der Waals surface area (Å²) in [6, 6.07) is 25.6. The van der Waals surface area contributed by atoms with Gasteiger partial charge in [0.05, 0.1) is 0 Å². The summed E-state index contributed by atoms with van der Waals surface area (Å²) in [7, 11) is 0. The number of piperidine rings is 1. The molecule has 0 bridgehead atoms. The van der Waals surface area contributed by atoms with E-state index in [-0.39, 0.29) is 5.91 Å². The van der Waals surface area contributed by atoms with Crippen LogP contribution in [0.4, 0.5) is 5.69 Å². The molecule has 3 aromatic carbocycles. The summed E-state index contributed by atoms with van der Waals surface area (Å²) < 4.78 is 0. The van der Waals surface area contributed by atoms with Crippen LogP contribution in [0, 0.1) is 0 Å². The van der Waals surface area contributed by atoms with E-state index in [1.165, 1.54) is 27.8 Å². The molecule has 1 amide bonds. The minimum absolute atomic E-state index is 0.0415. The highest BCUT2D eigenvalue weighted by Crippen LogP contribution is 2.38. The summed E-state index contributed by atoms with van der Waals surface area (Å²) in [5.41, 5.74) is 10.3. The van der Waals surface area contributed by atoms with Crippen molar-refractivity contribution in [3.63, 3.8) is 0 Å². The van der Waals surface area contributed by atoms with E-state index >= 15 is 0 Å². The highest BCUT2D eigenvalue weighted by Gasteiger charge is 2.22. The first-order valence-corrected chi connectivity index (χ1v) is 12.6. The first kappa shape index (κ1) is 23.1. The maximum Gasteiger partial charge on any atom is 0.224 e. The number of benzene rings is 3. The van der Waals surface area contributed by atoms with Gasteiger partial charge in [-0.25, -0.2) is 0 Å². The van der Waals surface area contributed by atoms with Crippen molar-refractivity contribution in [3.05, 3.63) is 112 Å². The second-order valence-corrected chi connectivity index (χ2v) is 9.21. The van der Waals surface area contributed by atoms with Crippen LogP contribution in [0.1, 0.15) is 54.0 Å². The highest BCUT2D eigenvalue weighted by atomic mass is 16.1. The van der Waals surface area contributed by atoms with E-state index < -0.39 is 0 Å². The number of nitrogens with zero attached hydrogens (tertiary/aromatic N) is 1.